The third-order valence-corrected chi connectivity index (χ3v) is 4.90. The van der Waals surface area contributed by atoms with Crippen LogP contribution in [0.25, 0.3) is 10.1 Å². The van der Waals surface area contributed by atoms with Crippen molar-refractivity contribution in [1.29, 1.82) is 0 Å². The minimum absolute atomic E-state index is 0.0532. The molecule has 1 N–H and O–H groups in total. The second kappa shape index (κ2) is 8.62. The minimum atomic E-state index is -0.0532. The Hall–Kier alpha value is -2.17. The van der Waals surface area contributed by atoms with Crippen LogP contribution in [-0.4, -0.2) is 25.7 Å². The molecule has 0 spiro atoms. The fourth-order valence-corrected chi connectivity index (χ4v) is 3.61. The Bertz CT molecular complexity index is 782. The zero-order valence-corrected chi connectivity index (χ0v) is 14.4. The first kappa shape index (κ1) is 16.7. The summed E-state index contributed by atoms with van der Waals surface area (Å²) in [7, 11) is 0. The maximum absolute atomic E-state index is 11.8. The van der Waals surface area contributed by atoms with Crippen LogP contribution in [0.3, 0.4) is 0 Å². The Balaban J connectivity index is 1.34. The normalized spacial score (nSPS) is 10.8. The third-order valence-electron chi connectivity index (χ3n) is 3.89. The summed E-state index contributed by atoms with van der Waals surface area (Å²) in [6.07, 6.45) is 1.68. The second-order valence-corrected chi connectivity index (χ2v) is 6.56. The van der Waals surface area contributed by atoms with E-state index in [4.69, 9.17) is 4.74 Å². The minimum Gasteiger partial charge on any atom is -0.371 e. The Morgan fingerprint density at radius 1 is 1.00 bits per heavy atom. The van der Waals surface area contributed by atoms with Crippen molar-refractivity contribution in [2.45, 2.75) is 12.8 Å². The second-order valence-electron chi connectivity index (χ2n) is 5.65. The molecule has 3 aromatic rings. The van der Waals surface area contributed by atoms with E-state index in [0.717, 1.165) is 12.8 Å². The van der Waals surface area contributed by atoms with E-state index in [1.807, 2.05) is 18.2 Å². The predicted molar refractivity (Wildman–Crippen MR) is 99.5 cm³/mol. The molecular formula is C20H21NO2S. The molecule has 24 heavy (non-hydrogen) atoms. The van der Waals surface area contributed by atoms with Crippen LogP contribution in [0.15, 0.2) is 60.0 Å². The van der Waals surface area contributed by atoms with Crippen LogP contribution in [0.4, 0.5) is 0 Å². The highest BCUT2D eigenvalue weighted by Gasteiger charge is 2.05. The van der Waals surface area contributed by atoms with Crippen LogP contribution in [0.5, 0.6) is 0 Å². The van der Waals surface area contributed by atoms with E-state index in [0.29, 0.717) is 13.2 Å². The molecule has 2 aromatic carbocycles. The van der Waals surface area contributed by atoms with Crippen molar-refractivity contribution in [2.24, 2.45) is 0 Å². The van der Waals surface area contributed by atoms with E-state index >= 15 is 0 Å². The van der Waals surface area contributed by atoms with Crippen molar-refractivity contribution in [3.05, 3.63) is 71.1 Å². The largest absolute Gasteiger partial charge is 0.371 e. The van der Waals surface area contributed by atoms with E-state index in [-0.39, 0.29) is 12.5 Å². The molecule has 1 amide bonds. The number of amides is 1. The molecule has 0 bridgehead atoms. The predicted octanol–water partition coefficient (Wildman–Crippen LogP) is 3.82. The maximum atomic E-state index is 11.8. The first-order valence-electron chi connectivity index (χ1n) is 8.16. The van der Waals surface area contributed by atoms with E-state index < -0.39 is 0 Å². The van der Waals surface area contributed by atoms with Crippen LogP contribution in [0, 0.1) is 0 Å². The summed E-state index contributed by atoms with van der Waals surface area (Å²) in [5, 5.41) is 6.39. The molecule has 1 heterocycles. The monoisotopic (exact) mass is 339 g/mol. The van der Waals surface area contributed by atoms with E-state index in [9.17, 15) is 4.79 Å². The summed E-state index contributed by atoms with van der Waals surface area (Å²) in [4.78, 5) is 11.8. The lowest BCUT2D eigenvalue weighted by atomic mass is 10.1. The van der Waals surface area contributed by atoms with Gasteiger partial charge >= 0.3 is 0 Å². The first-order valence-corrected chi connectivity index (χ1v) is 9.04. The highest BCUT2D eigenvalue weighted by atomic mass is 32.1. The summed E-state index contributed by atoms with van der Waals surface area (Å²) in [6.45, 7) is 1.32. The van der Waals surface area contributed by atoms with Gasteiger partial charge < -0.3 is 10.1 Å². The molecule has 0 saturated carbocycles. The molecule has 0 aliphatic carbocycles. The van der Waals surface area contributed by atoms with Crippen molar-refractivity contribution in [3.8, 4) is 0 Å². The number of hydrogen-bond acceptors (Lipinski definition) is 3. The third kappa shape index (κ3) is 4.66. The number of benzene rings is 2. The highest BCUT2D eigenvalue weighted by molar-refractivity contribution is 7.17. The summed E-state index contributed by atoms with van der Waals surface area (Å²) in [5.41, 5.74) is 2.52. The van der Waals surface area contributed by atoms with Gasteiger partial charge in [0.1, 0.15) is 6.61 Å². The number of thiophene rings is 1. The average Bonchev–Trinajstić information content (AvgIpc) is 3.03. The number of nitrogens with one attached hydrogen (secondary N) is 1. The molecule has 3 rings (SSSR count). The number of carbonyl (C=O) groups excluding carboxylic acids is 1. The lowest BCUT2D eigenvalue weighted by Crippen LogP contribution is -2.29. The van der Waals surface area contributed by atoms with Crippen molar-refractivity contribution >= 4 is 27.3 Å². The van der Waals surface area contributed by atoms with Gasteiger partial charge in [-0.05, 0) is 40.8 Å². The van der Waals surface area contributed by atoms with E-state index in [1.165, 1.54) is 21.2 Å². The SMILES string of the molecule is O=C(COCCc1ccccc1)NCCc1csc2ccccc12. The van der Waals surface area contributed by atoms with Crippen molar-refractivity contribution in [1.82, 2.24) is 5.32 Å². The maximum Gasteiger partial charge on any atom is 0.246 e. The Labute approximate surface area is 146 Å². The molecule has 3 nitrogen and oxygen atoms in total. The van der Waals surface area contributed by atoms with Gasteiger partial charge in [0, 0.05) is 11.2 Å². The molecule has 124 valence electrons. The molecule has 0 atom stereocenters. The first-order chi connectivity index (χ1) is 11.8. The van der Waals surface area contributed by atoms with Gasteiger partial charge in [0.05, 0.1) is 6.61 Å². The van der Waals surface area contributed by atoms with Crippen LogP contribution < -0.4 is 5.32 Å². The number of ether oxygens (including phenoxy) is 1. The molecule has 4 heteroatoms. The standard InChI is InChI=1S/C20H21NO2S/c22-20(14-23-13-11-16-6-2-1-3-7-16)21-12-10-17-15-24-19-9-5-4-8-18(17)19/h1-9,15H,10-14H2,(H,21,22). The van der Waals surface area contributed by atoms with Gasteiger partial charge in [0.25, 0.3) is 0 Å². The van der Waals surface area contributed by atoms with E-state index in [2.05, 4.69) is 47.1 Å². The summed E-state index contributed by atoms with van der Waals surface area (Å²) in [6, 6.07) is 18.5. The van der Waals surface area contributed by atoms with E-state index in [1.54, 1.807) is 11.3 Å². The average molecular weight is 339 g/mol. The molecule has 0 fully saturated rings. The number of fused-ring (bicyclic) bond motifs is 1. The van der Waals surface area contributed by atoms with Gasteiger partial charge in [-0.15, -0.1) is 11.3 Å². The number of rotatable bonds is 8. The van der Waals surface area contributed by atoms with Crippen LogP contribution in [0.1, 0.15) is 11.1 Å². The van der Waals surface area contributed by atoms with Gasteiger partial charge in [0.15, 0.2) is 0 Å². The van der Waals surface area contributed by atoms with Gasteiger partial charge in [0.2, 0.25) is 5.91 Å². The van der Waals surface area contributed by atoms with Crippen LogP contribution in [0.2, 0.25) is 0 Å². The fourth-order valence-electron chi connectivity index (χ4n) is 2.61. The van der Waals surface area contributed by atoms with Crippen LogP contribution >= 0.6 is 11.3 Å². The van der Waals surface area contributed by atoms with Crippen molar-refractivity contribution in [2.75, 3.05) is 19.8 Å². The Morgan fingerprint density at radius 3 is 2.67 bits per heavy atom. The summed E-state index contributed by atoms with van der Waals surface area (Å²) in [5.74, 6) is -0.0532. The lowest BCUT2D eigenvalue weighted by Gasteiger charge is -2.06. The molecule has 0 aliphatic rings. The fraction of sp³-hybridized carbons (Fsp3) is 0.250. The van der Waals surface area contributed by atoms with Crippen molar-refractivity contribution < 1.29 is 9.53 Å². The van der Waals surface area contributed by atoms with Gasteiger partial charge in [-0.25, -0.2) is 0 Å². The molecule has 0 radical (unpaired) electrons. The number of carbonyl (C=O) groups is 1. The quantitative estimate of drug-likeness (QED) is 0.634. The summed E-state index contributed by atoms with van der Waals surface area (Å²) >= 11 is 1.75. The van der Waals surface area contributed by atoms with Crippen molar-refractivity contribution in [3.63, 3.8) is 0 Å². The zero-order valence-electron chi connectivity index (χ0n) is 13.5. The topological polar surface area (TPSA) is 38.3 Å². The van der Waals surface area contributed by atoms with Gasteiger partial charge in [-0.1, -0.05) is 48.5 Å². The Kier molecular flexibility index (Phi) is 5.99. The summed E-state index contributed by atoms with van der Waals surface area (Å²) < 4.78 is 6.74. The smallest absolute Gasteiger partial charge is 0.246 e. The lowest BCUT2D eigenvalue weighted by molar-refractivity contribution is -0.125. The molecule has 0 saturated heterocycles. The molecular weight excluding hydrogens is 318 g/mol. The van der Waals surface area contributed by atoms with Gasteiger partial charge in [-0.2, -0.15) is 0 Å². The Morgan fingerprint density at radius 2 is 1.79 bits per heavy atom. The molecule has 0 unspecified atom stereocenters. The van der Waals surface area contributed by atoms with Gasteiger partial charge in [-0.3, -0.25) is 4.79 Å². The number of hydrogen-bond donors (Lipinski definition) is 1. The highest BCUT2D eigenvalue weighted by Crippen LogP contribution is 2.25. The van der Waals surface area contributed by atoms with Crippen LogP contribution in [-0.2, 0) is 22.4 Å². The zero-order chi connectivity index (χ0) is 16.6. The molecule has 1 aromatic heterocycles. The molecule has 0 aliphatic heterocycles.